The van der Waals surface area contributed by atoms with Crippen molar-refractivity contribution in [1.82, 2.24) is 5.32 Å². The average Bonchev–Trinajstić information content (AvgIpc) is 2.35. The van der Waals surface area contributed by atoms with Crippen molar-refractivity contribution in [3.63, 3.8) is 0 Å². The number of hydrogen-bond acceptors (Lipinski definition) is 2. The van der Waals surface area contributed by atoms with E-state index in [9.17, 15) is 4.79 Å². The van der Waals surface area contributed by atoms with E-state index in [1.165, 1.54) is 0 Å². The maximum absolute atomic E-state index is 11.3. The Labute approximate surface area is 102 Å². The second-order valence-electron chi connectivity index (χ2n) is 3.48. The molecule has 0 radical (unpaired) electrons. The molecule has 1 rings (SSSR count). The van der Waals surface area contributed by atoms with Crippen LogP contribution in [0.4, 0.5) is 0 Å². The number of benzene rings is 1. The van der Waals surface area contributed by atoms with Gasteiger partial charge in [-0.3, -0.25) is 4.79 Å². The third-order valence-electron chi connectivity index (χ3n) is 2.14. The minimum absolute atomic E-state index is 0.0159. The number of carbonyl (C=O) groups is 1. The molecule has 3 nitrogen and oxygen atoms in total. The van der Waals surface area contributed by atoms with Crippen LogP contribution in [0.15, 0.2) is 49.6 Å². The van der Waals surface area contributed by atoms with Crippen LogP contribution in [0.1, 0.15) is 5.56 Å². The molecule has 1 aromatic rings. The predicted molar refractivity (Wildman–Crippen MR) is 69.0 cm³/mol. The van der Waals surface area contributed by atoms with Crippen LogP contribution >= 0.6 is 0 Å². The summed E-state index contributed by atoms with van der Waals surface area (Å²) in [5.74, 6) is 0.569. The van der Waals surface area contributed by atoms with Crippen molar-refractivity contribution in [2.45, 2.75) is 6.42 Å². The average molecular weight is 231 g/mol. The zero-order valence-electron chi connectivity index (χ0n) is 9.82. The molecule has 1 amide bonds. The molecule has 0 spiro atoms. The van der Waals surface area contributed by atoms with Gasteiger partial charge in [-0.25, -0.2) is 0 Å². The minimum Gasteiger partial charge on any atom is -0.483 e. The van der Waals surface area contributed by atoms with Gasteiger partial charge in [0, 0.05) is 6.54 Å². The Bertz CT molecular complexity index is 399. The Hall–Kier alpha value is -2.03. The molecule has 0 atom stereocenters. The monoisotopic (exact) mass is 231 g/mol. The molecule has 0 aromatic heterocycles. The molecule has 1 aromatic carbocycles. The van der Waals surface area contributed by atoms with Crippen molar-refractivity contribution in [3.8, 4) is 5.75 Å². The lowest BCUT2D eigenvalue weighted by atomic mass is 10.1. The van der Waals surface area contributed by atoms with Crippen molar-refractivity contribution in [1.29, 1.82) is 0 Å². The van der Waals surface area contributed by atoms with E-state index < -0.39 is 0 Å². The Kier molecular flexibility index (Phi) is 5.58. The molecular formula is C14H17NO2. The van der Waals surface area contributed by atoms with Crippen LogP contribution in [0.25, 0.3) is 0 Å². The fraction of sp³-hybridized carbons (Fsp3) is 0.214. The van der Waals surface area contributed by atoms with Crippen LogP contribution in [0.5, 0.6) is 5.75 Å². The van der Waals surface area contributed by atoms with Gasteiger partial charge in [0.15, 0.2) is 6.61 Å². The van der Waals surface area contributed by atoms with Gasteiger partial charge < -0.3 is 10.1 Å². The summed E-state index contributed by atoms with van der Waals surface area (Å²) in [6, 6.07) is 7.62. The number of nitrogens with one attached hydrogen (secondary N) is 1. The summed E-state index contributed by atoms with van der Waals surface area (Å²) in [7, 11) is 0. The topological polar surface area (TPSA) is 38.3 Å². The van der Waals surface area contributed by atoms with E-state index in [4.69, 9.17) is 4.74 Å². The van der Waals surface area contributed by atoms with Gasteiger partial charge in [0.2, 0.25) is 0 Å². The molecule has 0 heterocycles. The Morgan fingerprint density at radius 2 is 2.06 bits per heavy atom. The maximum Gasteiger partial charge on any atom is 0.258 e. The fourth-order valence-corrected chi connectivity index (χ4v) is 1.35. The summed E-state index contributed by atoms with van der Waals surface area (Å²) >= 11 is 0. The van der Waals surface area contributed by atoms with Crippen LogP contribution in [-0.4, -0.2) is 19.1 Å². The van der Waals surface area contributed by atoms with Crippen LogP contribution in [0.2, 0.25) is 0 Å². The predicted octanol–water partition coefficient (Wildman–Crippen LogP) is 2.10. The van der Waals surface area contributed by atoms with Crippen LogP contribution in [0, 0.1) is 0 Å². The van der Waals surface area contributed by atoms with Crippen molar-refractivity contribution >= 4 is 5.91 Å². The fourth-order valence-electron chi connectivity index (χ4n) is 1.35. The SMILES string of the molecule is C=CCNC(=O)COc1ccccc1CC=C. The van der Waals surface area contributed by atoms with Gasteiger partial charge in [-0.15, -0.1) is 13.2 Å². The van der Waals surface area contributed by atoms with Gasteiger partial charge in [-0.1, -0.05) is 30.4 Å². The van der Waals surface area contributed by atoms with Crippen molar-refractivity contribution in [2.75, 3.05) is 13.2 Å². The lowest BCUT2D eigenvalue weighted by Gasteiger charge is -2.09. The number of ether oxygens (including phenoxy) is 1. The second kappa shape index (κ2) is 7.28. The van der Waals surface area contributed by atoms with Gasteiger partial charge in [0.1, 0.15) is 5.75 Å². The highest BCUT2D eigenvalue weighted by Crippen LogP contribution is 2.18. The summed E-state index contributed by atoms with van der Waals surface area (Å²) in [4.78, 5) is 11.3. The molecule has 17 heavy (non-hydrogen) atoms. The molecule has 0 saturated heterocycles. The first-order chi connectivity index (χ1) is 8.27. The highest BCUT2D eigenvalue weighted by molar-refractivity contribution is 5.77. The largest absolute Gasteiger partial charge is 0.483 e. The van der Waals surface area contributed by atoms with Crippen LogP contribution in [0.3, 0.4) is 0 Å². The molecule has 90 valence electrons. The van der Waals surface area contributed by atoms with Gasteiger partial charge in [0.05, 0.1) is 0 Å². The molecular weight excluding hydrogens is 214 g/mol. The van der Waals surface area contributed by atoms with E-state index in [2.05, 4.69) is 18.5 Å². The number of carbonyl (C=O) groups excluding carboxylic acids is 1. The Balaban J connectivity index is 2.53. The van der Waals surface area contributed by atoms with Gasteiger partial charge in [-0.05, 0) is 18.1 Å². The number of allylic oxidation sites excluding steroid dienone is 1. The number of amides is 1. The molecule has 0 bridgehead atoms. The molecule has 0 aliphatic rings. The summed E-state index contributed by atoms with van der Waals surface area (Å²) in [6.45, 7) is 7.68. The molecule has 3 heteroatoms. The molecule has 0 aliphatic heterocycles. The summed E-state index contributed by atoms with van der Waals surface area (Å²) in [5, 5.41) is 2.65. The van der Waals surface area contributed by atoms with Gasteiger partial charge in [0.25, 0.3) is 5.91 Å². The van der Waals surface area contributed by atoms with E-state index in [1.807, 2.05) is 24.3 Å². The van der Waals surface area contributed by atoms with Crippen molar-refractivity contribution in [2.24, 2.45) is 0 Å². The van der Waals surface area contributed by atoms with E-state index in [0.29, 0.717) is 6.54 Å². The zero-order chi connectivity index (χ0) is 12.5. The smallest absolute Gasteiger partial charge is 0.258 e. The molecule has 0 saturated carbocycles. The number of hydrogen-bond donors (Lipinski definition) is 1. The normalized spacial score (nSPS) is 9.41. The molecule has 0 aliphatic carbocycles. The summed E-state index contributed by atoms with van der Waals surface area (Å²) in [5.41, 5.74) is 1.03. The molecule has 0 fully saturated rings. The maximum atomic E-state index is 11.3. The van der Waals surface area contributed by atoms with E-state index >= 15 is 0 Å². The third kappa shape index (κ3) is 4.55. The van der Waals surface area contributed by atoms with Gasteiger partial charge >= 0.3 is 0 Å². The first kappa shape index (κ1) is 13.0. The van der Waals surface area contributed by atoms with Crippen molar-refractivity contribution in [3.05, 3.63) is 55.1 Å². The standard InChI is InChI=1S/C14H17NO2/c1-3-7-12-8-5-6-9-13(12)17-11-14(16)15-10-4-2/h3-6,8-9H,1-2,7,10-11H2,(H,15,16). The minimum atomic E-state index is -0.154. The lowest BCUT2D eigenvalue weighted by Crippen LogP contribution is -2.28. The highest BCUT2D eigenvalue weighted by Gasteiger charge is 2.04. The number of rotatable bonds is 7. The Morgan fingerprint density at radius 3 is 2.76 bits per heavy atom. The van der Waals surface area contributed by atoms with Gasteiger partial charge in [-0.2, -0.15) is 0 Å². The van der Waals surface area contributed by atoms with Crippen molar-refractivity contribution < 1.29 is 9.53 Å². The summed E-state index contributed by atoms with van der Waals surface area (Å²) in [6.07, 6.45) is 4.16. The van der Waals surface area contributed by atoms with E-state index in [1.54, 1.807) is 12.2 Å². The first-order valence-electron chi connectivity index (χ1n) is 5.47. The number of para-hydroxylation sites is 1. The second-order valence-corrected chi connectivity index (χ2v) is 3.48. The first-order valence-corrected chi connectivity index (χ1v) is 5.47. The summed E-state index contributed by atoms with van der Waals surface area (Å²) < 4.78 is 5.45. The van der Waals surface area contributed by atoms with E-state index in [-0.39, 0.29) is 12.5 Å². The molecule has 1 N–H and O–H groups in total. The highest BCUT2D eigenvalue weighted by atomic mass is 16.5. The van der Waals surface area contributed by atoms with Crippen LogP contribution in [-0.2, 0) is 11.2 Å². The lowest BCUT2D eigenvalue weighted by molar-refractivity contribution is -0.122. The van der Waals surface area contributed by atoms with Crippen LogP contribution < -0.4 is 10.1 Å². The third-order valence-corrected chi connectivity index (χ3v) is 2.14. The zero-order valence-corrected chi connectivity index (χ0v) is 9.82. The molecule has 0 unspecified atom stereocenters. The Morgan fingerprint density at radius 1 is 1.29 bits per heavy atom. The van der Waals surface area contributed by atoms with E-state index in [0.717, 1.165) is 17.7 Å². The quantitative estimate of drug-likeness (QED) is 0.730.